The molecule has 1 aromatic heterocycles. The van der Waals surface area contributed by atoms with Crippen LogP contribution < -0.4 is 5.32 Å². The van der Waals surface area contributed by atoms with Gasteiger partial charge in [0, 0.05) is 23.8 Å². The van der Waals surface area contributed by atoms with Crippen LogP contribution in [0.1, 0.15) is 16.1 Å². The second-order valence-electron chi connectivity index (χ2n) is 7.29. The number of carbonyl (C=O) groups is 1. The molecule has 8 nitrogen and oxygen atoms in total. The monoisotopic (exact) mass is 514 g/mol. The van der Waals surface area contributed by atoms with Gasteiger partial charge < -0.3 is 10.1 Å². The molecule has 1 amide bonds. The Morgan fingerprint density at radius 2 is 1.76 bits per heavy atom. The molecule has 180 valence electrons. The zero-order chi connectivity index (χ0) is 24.5. The lowest BCUT2D eigenvalue weighted by Gasteiger charge is -2.26. The van der Waals surface area contributed by atoms with E-state index in [1.165, 1.54) is 52.8 Å². The fourth-order valence-electron chi connectivity index (χ4n) is 3.43. The van der Waals surface area contributed by atoms with E-state index in [9.17, 15) is 26.4 Å². The molecule has 0 bridgehead atoms. The number of alkyl halides is 3. The maximum atomic E-state index is 13.9. The molecule has 1 N–H and O–H groups in total. The molecule has 3 aromatic rings. The van der Waals surface area contributed by atoms with Gasteiger partial charge in [0.05, 0.1) is 35.6 Å². The number of morpholine rings is 1. The Balaban J connectivity index is 1.64. The zero-order valence-corrected chi connectivity index (χ0v) is 19.0. The van der Waals surface area contributed by atoms with Crippen molar-refractivity contribution < 1.29 is 31.1 Å². The molecule has 0 spiro atoms. The van der Waals surface area contributed by atoms with E-state index in [2.05, 4.69) is 10.4 Å². The predicted molar refractivity (Wildman–Crippen MR) is 118 cm³/mol. The van der Waals surface area contributed by atoms with Crippen molar-refractivity contribution in [1.29, 1.82) is 0 Å². The number of hydrogen-bond donors (Lipinski definition) is 1. The average molecular weight is 515 g/mol. The summed E-state index contributed by atoms with van der Waals surface area (Å²) in [5.74, 6) is -1.09. The number of nitrogens with zero attached hydrogens (tertiary/aromatic N) is 3. The number of benzene rings is 2. The Hall–Kier alpha value is -2.93. The first-order valence-corrected chi connectivity index (χ1v) is 11.8. The average Bonchev–Trinajstić information content (AvgIpc) is 3.26. The van der Waals surface area contributed by atoms with E-state index >= 15 is 0 Å². The van der Waals surface area contributed by atoms with Crippen LogP contribution >= 0.6 is 11.6 Å². The Kier molecular flexibility index (Phi) is 6.67. The highest BCUT2D eigenvalue weighted by Gasteiger charge is 2.40. The van der Waals surface area contributed by atoms with Crippen LogP contribution in [0.2, 0.25) is 5.02 Å². The Morgan fingerprint density at radius 3 is 2.41 bits per heavy atom. The number of rotatable bonds is 5. The number of sulfonamides is 1. The van der Waals surface area contributed by atoms with Crippen LogP contribution in [-0.4, -0.2) is 54.7 Å². The van der Waals surface area contributed by atoms with E-state index < -0.39 is 33.4 Å². The van der Waals surface area contributed by atoms with E-state index in [0.29, 0.717) is 9.70 Å². The van der Waals surface area contributed by atoms with Crippen LogP contribution in [0.5, 0.6) is 0 Å². The normalized spacial score (nSPS) is 15.3. The number of ether oxygens (including phenoxy) is 1. The summed E-state index contributed by atoms with van der Waals surface area (Å²) in [4.78, 5) is 12.7. The molecule has 34 heavy (non-hydrogen) atoms. The van der Waals surface area contributed by atoms with Gasteiger partial charge in [-0.05, 0) is 42.5 Å². The van der Waals surface area contributed by atoms with Crippen molar-refractivity contribution in [3.8, 4) is 5.69 Å². The van der Waals surface area contributed by atoms with E-state index in [1.54, 1.807) is 0 Å². The lowest BCUT2D eigenvalue weighted by atomic mass is 10.2. The second kappa shape index (κ2) is 9.37. The standard InChI is InChI=1S/C21H18ClF3N4O4S/c22-14-4-6-16(7-5-14)29-19(21(23,24)25)18(13-26-29)20(30)27-15-2-1-3-17(12-15)34(31,32)28-8-10-33-11-9-28/h1-7,12-13H,8-11H2,(H,27,30). The van der Waals surface area contributed by atoms with Crippen molar-refractivity contribution in [2.24, 2.45) is 0 Å². The minimum Gasteiger partial charge on any atom is -0.379 e. The summed E-state index contributed by atoms with van der Waals surface area (Å²) in [7, 11) is -3.86. The first-order chi connectivity index (χ1) is 16.1. The molecule has 0 aliphatic carbocycles. The minimum atomic E-state index is -4.90. The van der Waals surface area contributed by atoms with Crippen molar-refractivity contribution in [2.45, 2.75) is 11.1 Å². The summed E-state index contributed by atoms with van der Waals surface area (Å²) in [6.45, 7) is 0.871. The molecule has 1 aliphatic rings. The number of nitrogens with one attached hydrogen (secondary N) is 1. The third kappa shape index (κ3) is 4.94. The number of aromatic nitrogens is 2. The number of halogens is 4. The predicted octanol–water partition coefficient (Wildman–Crippen LogP) is 3.82. The summed E-state index contributed by atoms with van der Waals surface area (Å²) in [5.41, 5.74) is -1.91. The van der Waals surface area contributed by atoms with Gasteiger partial charge in [-0.25, -0.2) is 13.1 Å². The molecule has 1 fully saturated rings. The van der Waals surface area contributed by atoms with Gasteiger partial charge in [0.25, 0.3) is 5.91 Å². The highest BCUT2D eigenvalue weighted by molar-refractivity contribution is 7.89. The maximum absolute atomic E-state index is 13.9. The lowest BCUT2D eigenvalue weighted by molar-refractivity contribution is -0.143. The van der Waals surface area contributed by atoms with Gasteiger partial charge in [-0.1, -0.05) is 17.7 Å². The quantitative estimate of drug-likeness (QED) is 0.559. The van der Waals surface area contributed by atoms with Gasteiger partial charge >= 0.3 is 6.18 Å². The van der Waals surface area contributed by atoms with Crippen LogP contribution in [0.25, 0.3) is 5.69 Å². The Bertz CT molecular complexity index is 1300. The fraction of sp³-hybridized carbons (Fsp3) is 0.238. The van der Waals surface area contributed by atoms with Crippen LogP contribution in [0.3, 0.4) is 0 Å². The fourth-order valence-corrected chi connectivity index (χ4v) is 5.01. The number of anilines is 1. The van der Waals surface area contributed by atoms with Gasteiger partial charge in [-0.2, -0.15) is 22.6 Å². The maximum Gasteiger partial charge on any atom is 0.434 e. The summed E-state index contributed by atoms with van der Waals surface area (Å²) in [5, 5.41) is 6.41. The lowest BCUT2D eigenvalue weighted by Crippen LogP contribution is -2.40. The van der Waals surface area contributed by atoms with Gasteiger partial charge in [0.1, 0.15) is 0 Å². The molecule has 0 atom stereocenters. The molecule has 1 aliphatic heterocycles. The van der Waals surface area contributed by atoms with E-state index in [0.717, 1.165) is 6.20 Å². The first kappa shape index (κ1) is 24.2. The highest BCUT2D eigenvalue weighted by Crippen LogP contribution is 2.34. The highest BCUT2D eigenvalue weighted by atomic mass is 35.5. The van der Waals surface area contributed by atoms with Gasteiger partial charge in [0.15, 0.2) is 5.69 Å². The number of amides is 1. The summed E-state index contributed by atoms with van der Waals surface area (Å²) < 4.78 is 74.3. The largest absolute Gasteiger partial charge is 0.434 e. The molecule has 4 rings (SSSR count). The van der Waals surface area contributed by atoms with E-state index in [1.807, 2.05) is 0 Å². The topological polar surface area (TPSA) is 93.5 Å². The van der Waals surface area contributed by atoms with Gasteiger partial charge in [-0.3, -0.25) is 4.79 Å². The summed E-state index contributed by atoms with van der Waals surface area (Å²) in [6.07, 6.45) is -4.09. The third-order valence-electron chi connectivity index (χ3n) is 5.05. The van der Waals surface area contributed by atoms with Crippen molar-refractivity contribution in [3.63, 3.8) is 0 Å². The molecule has 0 saturated carbocycles. The second-order valence-corrected chi connectivity index (χ2v) is 9.67. The SMILES string of the molecule is O=C(Nc1cccc(S(=O)(=O)N2CCOCC2)c1)c1cnn(-c2ccc(Cl)cc2)c1C(F)(F)F. The molecule has 13 heteroatoms. The van der Waals surface area contributed by atoms with Crippen molar-refractivity contribution in [3.05, 3.63) is 71.0 Å². The molecule has 1 saturated heterocycles. The number of hydrogen-bond acceptors (Lipinski definition) is 5. The zero-order valence-electron chi connectivity index (χ0n) is 17.4. The first-order valence-electron chi connectivity index (χ1n) is 9.98. The molecule has 2 heterocycles. The van der Waals surface area contributed by atoms with E-state index in [-0.39, 0.29) is 42.6 Å². The molecular formula is C21H18ClF3N4O4S. The Morgan fingerprint density at radius 1 is 1.09 bits per heavy atom. The van der Waals surface area contributed by atoms with Gasteiger partial charge in [0.2, 0.25) is 10.0 Å². The van der Waals surface area contributed by atoms with Gasteiger partial charge in [-0.15, -0.1) is 0 Å². The van der Waals surface area contributed by atoms with Crippen molar-refractivity contribution in [1.82, 2.24) is 14.1 Å². The Labute approximate surface area is 197 Å². The number of carbonyl (C=O) groups excluding carboxylic acids is 1. The van der Waals surface area contributed by atoms with E-state index in [4.69, 9.17) is 16.3 Å². The molecule has 2 aromatic carbocycles. The molecular weight excluding hydrogens is 497 g/mol. The molecule has 0 unspecified atom stereocenters. The van der Waals surface area contributed by atoms with Crippen molar-refractivity contribution in [2.75, 3.05) is 31.6 Å². The van der Waals surface area contributed by atoms with Crippen molar-refractivity contribution >= 4 is 33.2 Å². The van der Waals surface area contributed by atoms with Crippen LogP contribution in [0.15, 0.2) is 59.6 Å². The van der Waals surface area contributed by atoms with Crippen LogP contribution in [-0.2, 0) is 20.9 Å². The van der Waals surface area contributed by atoms with Crippen LogP contribution in [0, 0.1) is 0 Å². The third-order valence-corrected chi connectivity index (χ3v) is 7.20. The molecule has 0 radical (unpaired) electrons. The smallest absolute Gasteiger partial charge is 0.379 e. The van der Waals surface area contributed by atoms with Crippen LogP contribution in [0.4, 0.5) is 18.9 Å². The summed E-state index contributed by atoms with van der Waals surface area (Å²) in [6, 6.07) is 10.8. The minimum absolute atomic E-state index is 0.0201. The summed E-state index contributed by atoms with van der Waals surface area (Å²) >= 11 is 5.80.